The third-order valence-corrected chi connectivity index (χ3v) is 7.61. The molecule has 5 heteroatoms. The van der Waals surface area contributed by atoms with Crippen LogP contribution in [0.4, 0.5) is 10.5 Å². The third kappa shape index (κ3) is 2.73. The molecule has 0 aliphatic carbocycles. The highest BCUT2D eigenvalue weighted by molar-refractivity contribution is 6.23. The van der Waals surface area contributed by atoms with Crippen molar-refractivity contribution in [3.05, 3.63) is 101 Å². The molecule has 3 heterocycles. The standard InChI is InChI=1S/C29H27N3O2/c1-4-19-11-13-20(14-12-19)23-17-31-28(34)32(21-15-9-18(2)10-16-21)27(33)29(31,3)26-25(23)22-7-5-6-8-24(22)30-26/h5-16,23,30H,4,17H2,1-3H3/t23-,29-/m0/s1. The molecule has 2 aliphatic heterocycles. The van der Waals surface area contributed by atoms with Crippen LogP contribution >= 0.6 is 0 Å². The van der Waals surface area contributed by atoms with Gasteiger partial charge in [0.05, 0.1) is 11.4 Å². The number of carbonyl (C=O) groups excluding carboxylic acids is 2. The van der Waals surface area contributed by atoms with E-state index in [1.165, 1.54) is 10.5 Å². The van der Waals surface area contributed by atoms with Gasteiger partial charge in [-0.1, -0.05) is 67.1 Å². The van der Waals surface area contributed by atoms with Crippen LogP contribution in [-0.4, -0.2) is 28.4 Å². The normalized spacial score (nSPS) is 21.8. The van der Waals surface area contributed by atoms with E-state index in [2.05, 4.69) is 42.2 Å². The number of aromatic amines is 1. The predicted molar refractivity (Wildman–Crippen MR) is 134 cm³/mol. The number of para-hydroxylation sites is 1. The summed E-state index contributed by atoms with van der Waals surface area (Å²) in [4.78, 5) is 34.4. The molecule has 4 aromatic rings. The molecule has 0 saturated carbocycles. The van der Waals surface area contributed by atoms with Gasteiger partial charge in [0.15, 0.2) is 5.54 Å². The molecule has 170 valence electrons. The molecule has 3 amide bonds. The summed E-state index contributed by atoms with van der Waals surface area (Å²) in [7, 11) is 0. The number of aryl methyl sites for hydroxylation is 2. The van der Waals surface area contributed by atoms with Crippen LogP contribution < -0.4 is 4.90 Å². The molecule has 34 heavy (non-hydrogen) atoms. The number of H-pyrrole nitrogens is 1. The minimum absolute atomic E-state index is 0.0279. The van der Waals surface area contributed by atoms with Gasteiger partial charge in [-0.25, -0.2) is 9.69 Å². The number of amides is 3. The minimum Gasteiger partial charge on any atom is -0.356 e. The number of imide groups is 1. The van der Waals surface area contributed by atoms with E-state index in [-0.39, 0.29) is 17.9 Å². The zero-order valence-corrected chi connectivity index (χ0v) is 19.6. The van der Waals surface area contributed by atoms with Gasteiger partial charge in [0.25, 0.3) is 5.91 Å². The molecule has 1 aromatic heterocycles. The molecule has 2 aliphatic rings. The lowest BCUT2D eigenvalue weighted by Gasteiger charge is -2.40. The van der Waals surface area contributed by atoms with Crippen LogP contribution in [0.5, 0.6) is 0 Å². The van der Waals surface area contributed by atoms with Crippen LogP contribution in [0.3, 0.4) is 0 Å². The molecule has 5 nitrogen and oxygen atoms in total. The Bertz CT molecular complexity index is 1430. The predicted octanol–water partition coefficient (Wildman–Crippen LogP) is 5.87. The van der Waals surface area contributed by atoms with Crippen molar-refractivity contribution >= 4 is 28.5 Å². The molecule has 1 saturated heterocycles. The monoisotopic (exact) mass is 449 g/mol. The fraction of sp³-hybridized carbons (Fsp3) is 0.241. The highest BCUT2D eigenvalue weighted by Gasteiger charge is 2.60. The first-order valence-electron chi connectivity index (χ1n) is 11.9. The Morgan fingerprint density at radius 3 is 2.38 bits per heavy atom. The van der Waals surface area contributed by atoms with Gasteiger partial charge in [0.1, 0.15) is 0 Å². The maximum absolute atomic E-state index is 14.0. The van der Waals surface area contributed by atoms with Crippen LogP contribution in [0.15, 0.2) is 72.8 Å². The Morgan fingerprint density at radius 2 is 1.68 bits per heavy atom. The number of aromatic nitrogens is 1. The second kappa shape index (κ2) is 7.32. The number of nitrogens with zero attached hydrogens (tertiary/aromatic N) is 2. The summed E-state index contributed by atoms with van der Waals surface area (Å²) in [5, 5.41) is 1.11. The number of nitrogens with one attached hydrogen (secondary N) is 1. The van der Waals surface area contributed by atoms with Crippen LogP contribution in [0.2, 0.25) is 0 Å². The number of fused-ring (bicyclic) bond motifs is 5. The second-order valence-corrected chi connectivity index (χ2v) is 9.55. The summed E-state index contributed by atoms with van der Waals surface area (Å²) >= 11 is 0. The van der Waals surface area contributed by atoms with Gasteiger partial charge in [-0.05, 0) is 55.2 Å². The van der Waals surface area contributed by atoms with Crippen molar-refractivity contribution in [1.82, 2.24) is 9.88 Å². The molecule has 1 N–H and O–H groups in total. The van der Waals surface area contributed by atoms with E-state index in [0.29, 0.717) is 12.2 Å². The van der Waals surface area contributed by atoms with Crippen LogP contribution in [-0.2, 0) is 16.8 Å². The minimum atomic E-state index is -1.09. The van der Waals surface area contributed by atoms with E-state index in [1.807, 2.05) is 56.3 Å². The number of hydrogen-bond acceptors (Lipinski definition) is 2. The fourth-order valence-corrected chi connectivity index (χ4v) is 5.60. The van der Waals surface area contributed by atoms with E-state index in [9.17, 15) is 9.59 Å². The molecular weight excluding hydrogens is 422 g/mol. The Morgan fingerprint density at radius 1 is 0.971 bits per heavy atom. The van der Waals surface area contributed by atoms with E-state index in [0.717, 1.165) is 39.7 Å². The fourth-order valence-electron chi connectivity index (χ4n) is 5.60. The van der Waals surface area contributed by atoms with Crippen LogP contribution in [0.25, 0.3) is 10.9 Å². The summed E-state index contributed by atoms with van der Waals surface area (Å²) in [6.45, 7) is 6.47. The van der Waals surface area contributed by atoms with E-state index < -0.39 is 5.54 Å². The van der Waals surface area contributed by atoms with Crippen molar-refractivity contribution in [1.29, 1.82) is 0 Å². The maximum atomic E-state index is 14.0. The molecule has 2 atom stereocenters. The Hall–Kier alpha value is -3.86. The summed E-state index contributed by atoms with van der Waals surface area (Å²) in [6.07, 6.45) is 0.978. The van der Waals surface area contributed by atoms with Crippen molar-refractivity contribution in [2.45, 2.75) is 38.6 Å². The highest BCUT2D eigenvalue weighted by atomic mass is 16.2. The number of carbonyl (C=O) groups is 2. The molecular formula is C29H27N3O2. The lowest BCUT2D eigenvalue weighted by Crippen LogP contribution is -2.50. The average molecular weight is 450 g/mol. The van der Waals surface area contributed by atoms with Crippen molar-refractivity contribution in [2.24, 2.45) is 0 Å². The van der Waals surface area contributed by atoms with Crippen molar-refractivity contribution in [3.8, 4) is 0 Å². The second-order valence-electron chi connectivity index (χ2n) is 9.55. The largest absolute Gasteiger partial charge is 0.356 e. The first kappa shape index (κ1) is 20.7. The van der Waals surface area contributed by atoms with Gasteiger partial charge in [0, 0.05) is 23.4 Å². The van der Waals surface area contributed by atoms with Crippen LogP contribution in [0, 0.1) is 6.92 Å². The first-order valence-corrected chi connectivity index (χ1v) is 11.9. The van der Waals surface area contributed by atoms with Gasteiger partial charge in [-0.2, -0.15) is 0 Å². The molecule has 0 radical (unpaired) electrons. The Balaban J connectivity index is 1.56. The number of anilines is 1. The summed E-state index contributed by atoms with van der Waals surface area (Å²) in [6, 6.07) is 24.1. The number of benzene rings is 3. The van der Waals surface area contributed by atoms with E-state index in [1.54, 1.807) is 4.90 Å². The first-order chi connectivity index (χ1) is 16.4. The Labute approximate surface area is 199 Å². The SMILES string of the molecule is CCc1ccc([C@@H]2CN3C(=O)N(c4ccc(C)cc4)C(=O)[C@]3(C)c3[nH]c4ccccc4c32)cc1. The molecule has 6 rings (SSSR count). The van der Waals surface area contributed by atoms with Crippen molar-refractivity contribution < 1.29 is 9.59 Å². The van der Waals surface area contributed by atoms with E-state index in [4.69, 9.17) is 0 Å². The number of hydrogen-bond donors (Lipinski definition) is 1. The van der Waals surface area contributed by atoms with Gasteiger partial charge in [0.2, 0.25) is 0 Å². The average Bonchev–Trinajstić information content (AvgIpc) is 3.34. The lowest BCUT2D eigenvalue weighted by atomic mass is 9.78. The zero-order chi connectivity index (χ0) is 23.6. The Kier molecular flexibility index (Phi) is 4.46. The molecule has 0 spiro atoms. The van der Waals surface area contributed by atoms with E-state index >= 15 is 0 Å². The van der Waals surface area contributed by atoms with Crippen LogP contribution in [0.1, 0.15) is 47.7 Å². The number of urea groups is 1. The lowest BCUT2D eigenvalue weighted by molar-refractivity contribution is -0.125. The maximum Gasteiger partial charge on any atom is 0.332 e. The summed E-state index contributed by atoms with van der Waals surface area (Å²) < 4.78 is 0. The van der Waals surface area contributed by atoms with Gasteiger partial charge < -0.3 is 9.88 Å². The van der Waals surface area contributed by atoms with Crippen molar-refractivity contribution in [2.75, 3.05) is 11.4 Å². The van der Waals surface area contributed by atoms with Gasteiger partial charge in [-0.15, -0.1) is 0 Å². The summed E-state index contributed by atoms with van der Waals surface area (Å²) in [5.74, 6) is -0.242. The molecule has 3 aromatic carbocycles. The zero-order valence-electron chi connectivity index (χ0n) is 19.6. The molecule has 0 unspecified atom stereocenters. The van der Waals surface area contributed by atoms with Gasteiger partial charge in [-0.3, -0.25) is 4.79 Å². The van der Waals surface area contributed by atoms with Crippen molar-refractivity contribution in [3.63, 3.8) is 0 Å². The molecule has 0 bridgehead atoms. The smallest absolute Gasteiger partial charge is 0.332 e. The quantitative estimate of drug-likeness (QED) is 0.398. The third-order valence-electron chi connectivity index (χ3n) is 7.61. The molecule has 1 fully saturated rings. The number of rotatable bonds is 3. The topological polar surface area (TPSA) is 56.4 Å². The van der Waals surface area contributed by atoms with Gasteiger partial charge >= 0.3 is 6.03 Å². The summed E-state index contributed by atoms with van der Waals surface area (Å²) in [5.41, 5.74) is 5.96. The highest BCUT2D eigenvalue weighted by Crippen LogP contribution is 2.50.